The van der Waals surface area contributed by atoms with E-state index >= 15 is 0 Å². The topological polar surface area (TPSA) is 72.2 Å². The average Bonchev–Trinajstić information content (AvgIpc) is 2.88. The third-order valence-corrected chi connectivity index (χ3v) is 3.39. The number of nitrogens with two attached hydrogens (primary N) is 1. The van der Waals surface area contributed by atoms with Crippen molar-refractivity contribution in [3.8, 4) is 0 Å². The molecule has 1 fully saturated rings. The van der Waals surface area contributed by atoms with Gasteiger partial charge in [0.2, 0.25) is 11.8 Å². The van der Waals surface area contributed by atoms with Gasteiger partial charge in [-0.2, -0.15) is 0 Å². The maximum atomic E-state index is 11.7. The Morgan fingerprint density at radius 1 is 1.41 bits per heavy atom. The first kappa shape index (κ1) is 12.2. The summed E-state index contributed by atoms with van der Waals surface area (Å²) in [7, 11) is 0. The lowest BCUT2D eigenvalue weighted by molar-refractivity contribution is -0.117. The first-order valence-electron chi connectivity index (χ1n) is 4.99. The summed E-state index contributed by atoms with van der Waals surface area (Å²) in [5, 5.41) is 2.64. The van der Waals surface area contributed by atoms with Gasteiger partial charge in [-0.15, -0.1) is 23.2 Å². The fourth-order valence-electron chi connectivity index (χ4n) is 1.48. The second-order valence-electron chi connectivity index (χ2n) is 3.95. The Hall–Kier alpha value is -1.26. The zero-order chi connectivity index (χ0) is 12.6. The van der Waals surface area contributed by atoms with E-state index in [0.29, 0.717) is 17.7 Å². The van der Waals surface area contributed by atoms with Crippen molar-refractivity contribution in [1.29, 1.82) is 0 Å². The lowest BCUT2D eigenvalue weighted by atomic mass is 10.2. The Kier molecular flexibility index (Phi) is 3.02. The molecule has 0 aliphatic heterocycles. The van der Waals surface area contributed by atoms with Gasteiger partial charge in [-0.3, -0.25) is 9.59 Å². The van der Waals surface area contributed by atoms with Gasteiger partial charge in [0.15, 0.2) is 0 Å². The van der Waals surface area contributed by atoms with Crippen LogP contribution in [0.3, 0.4) is 0 Å². The molecular formula is C11H10Cl2N2O2. The van der Waals surface area contributed by atoms with Gasteiger partial charge in [0.25, 0.3) is 0 Å². The fourth-order valence-corrected chi connectivity index (χ4v) is 1.98. The molecule has 6 heteroatoms. The molecule has 0 saturated heterocycles. The van der Waals surface area contributed by atoms with Crippen molar-refractivity contribution in [2.75, 3.05) is 5.32 Å². The van der Waals surface area contributed by atoms with Crippen LogP contribution in [0.2, 0.25) is 0 Å². The van der Waals surface area contributed by atoms with Crippen LogP contribution < -0.4 is 11.1 Å². The molecule has 0 unspecified atom stereocenters. The van der Waals surface area contributed by atoms with Gasteiger partial charge in [0.1, 0.15) is 4.33 Å². The summed E-state index contributed by atoms with van der Waals surface area (Å²) in [6, 6.07) is 6.38. The van der Waals surface area contributed by atoms with E-state index in [1.807, 2.05) is 0 Å². The third-order valence-electron chi connectivity index (χ3n) is 2.56. The van der Waals surface area contributed by atoms with Crippen LogP contribution in [0.1, 0.15) is 16.8 Å². The molecule has 0 radical (unpaired) electrons. The Bertz CT molecular complexity index is 488. The van der Waals surface area contributed by atoms with E-state index < -0.39 is 16.2 Å². The molecule has 1 aliphatic carbocycles. The number of halogens is 2. The number of nitrogens with one attached hydrogen (secondary N) is 1. The van der Waals surface area contributed by atoms with Crippen molar-refractivity contribution < 1.29 is 9.59 Å². The number of amides is 2. The van der Waals surface area contributed by atoms with Gasteiger partial charge in [0.05, 0.1) is 5.92 Å². The number of primary amides is 1. The molecule has 0 bridgehead atoms. The van der Waals surface area contributed by atoms with Crippen LogP contribution in [-0.2, 0) is 4.79 Å². The number of anilines is 1. The SMILES string of the molecule is NC(=O)c1cccc(NC(=O)[C@H]2CC2(Cl)Cl)c1. The third kappa shape index (κ3) is 2.70. The van der Waals surface area contributed by atoms with Crippen molar-refractivity contribution in [2.24, 2.45) is 11.7 Å². The second kappa shape index (κ2) is 4.20. The lowest BCUT2D eigenvalue weighted by Gasteiger charge is -2.06. The highest BCUT2D eigenvalue weighted by molar-refractivity contribution is 6.52. The Morgan fingerprint density at radius 3 is 2.59 bits per heavy atom. The van der Waals surface area contributed by atoms with E-state index in [1.165, 1.54) is 6.07 Å². The smallest absolute Gasteiger partial charge is 0.248 e. The molecule has 3 N–H and O–H groups in total. The zero-order valence-electron chi connectivity index (χ0n) is 8.74. The second-order valence-corrected chi connectivity index (χ2v) is 5.49. The molecule has 1 atom stereocenters. The van der Waals surface area contributed by atoms with Gasteiger partial charge >= 0.3 is 0 Å². The quantitative estimate of drug-likeness (QED) is 0.826. The fraction of sp³-hybridized carbons (Fsp3) is 0.273. The highest BCUT2D eigenvalue weighted by atomic mass is 35.5. The normalized spacial score (nSPS) is 20.7. The summed E-state index contributed by atoms with van der Waals surface area (Å²) in [6.45, 7) is 0. The number of alkyl halides is 2. The van der Waals surface area contributed by atoms with Gasteiger partial charge in [0, 0.05) is 11.3 Å². The summed E-state index contributed by atoms with van der Waals surface area (Å²) in [6.07, 6.45) is 0.442. The van der Waals surface area contributed by atoms with E-state index in [9.17, 15) is 9.59 Å². The predicted molar refractivity (Wildman–Crippen MR) is 66.1 cm³/mol. The maximum Gasteiger partial charge on any atom is 0.248 e. The van der Waals surface area contributed by atoms with E-state index in [0.717, 1.165) is 0 Å². The molecule has 0 heterocycles. The molecule has 1 aliphatic rings. The molecular weight excluding hydrogens is 263 g/mol. The van der Waals surface area contributed by atoms with Crippen LogP contribution in [-0.4, -0.2) is 16.1 Å². The minimum atomic E-state index is -0.953. The Labute approximate surface area is 108 Å². The summed E-state index contributed by atoms with van der Waals surface area (Å²) >= 11 is 11.6. The van der Waals surface area contributed by atoms with E-state index in [1.54, 1.807) is 18.2 Å². The van der Waals surface area contributed by atoms with Crippen molar-refractivity contribution in [1.82, 2.24) is 0 Å². The van der Waals surface area contributed by atoms with Crippen molar-refractivity contribution in [2.45, 2.75) is 10.8 Å². The summed E-state index contributed by atoms with van der Waals surface area (Å²) in [5.41, 5.74) is 5.97. The summed E-state index contributed by atoms with van der Waals surface area (Å²) in [5.74, 6) is -1.20. The standard InChI is InChI=1S/C11H10Cl2N2O2/c12-11(13)5-8(11)10(17)15-7-3-1-2-6(4-7)9(14)16/h1-4,8H,5H2,(H2,14,16)(H,15,17)/t8-/m1/s1. The summed E-state index contributed by atoms with van der Waals surface area (Å²) in [4.78, 5) is 22.6. The molecule has 4 nitrogen and oxygen atoms in total. The molecule has 1 saturated carbocycles. The zero-order valence-corrected chi connectivity index (χ0v) is 10.3. The molecule has 0 aromatic heterocycles. The molecule has 1 aromatic carbocycles. The molecule has 2 rings (SSSR count). The number of hydrogen-bond donors (Lipinski definition) is 2. The largest absolute Gasteiger partial charge is 0.366 e. The molecule has 17 heavy (non-hydrogen) atoms. The molecule has 90 valence electrons. The minimum absolute atomic E-state index is 0.253. The van der Waals surface area contributed by atoms with Crippen LogP contribution in [0.4, 0.5) is 5.69 Å². The lowest BCUT2D eigenvalue weighted by Crippen LogP contribution is -2.17. The number of benzene rings is 1. The van der Waals surface area contributed by atoms with E-state index in [-0.39, 0.29) is 5.91 Å². The van der Waals surface area contributed by atoms with E-state index in [2.05, 4.69) is 5.32 Å². The number of carbonyl (C=O) groups excluding carboxylic acids is 2. The van der Waals surface area contributed by atoms with Crippen LogP contribution in [0.5, 0.6) is 0 Å². The van der Waals surface area contributed by atoms with Gasteiger partial charge in [-0.05, 0) is 24.6 Å². The number of carbonyl (C=O) groups is 2. The molecule has 2 amide bonds. The van der Waals surface area contributed by atoms with Crippen LogP contribution in [0.25, 0.3) is 0 Å². The van der Waals surface area contributed by atoms with Crippen LogP contribution in [0, 0.1) is 5.92 Å². The highest BCUT2D eigenvalue weighted by Gasteiger charge is 2.56. The maximum absolute atomic E-state index is 11.7. The van der Waals surface area contributed by atoms with Gasteiger partial charge < -0.3 is 11.1 Å². The van der Waals surface area contributed by atoms with Gasteiger partial charge in [-0.25, -0.2) is 0 Å². The number of rotatable bonds is 3. The predicted octanol–water partition coefficient (Wildman–Crippen LogP) is 1.92. The van der Waals surface area contributed by atoms with Crippen molar-refractivity contribution in [3.05, 3.63) is 29.8 Å². The Balaban J connectivity index is 2.07. The van der Waals surface area contributed by atoms with Crippen molar-refractivity contribution >= 4 is 40.7 Å². The van der Waals surface area contributed by atoms with Crippen molar-refractivity contribution in [3.63, 3.8) is 0 Å². The highest BCUT2D eigenvalue weighted by Crippen LogP contribution is 2.53. The molecule has 0 spiro atoms. The monoisotopic (exact) mass is 272 g/mol. The first-order valence-corrected chi connectivity index (χ1v) is 5.74. The Morgan fingerprint density at radius 2 is 2.06 bits per heavy atom. The van der Waals surface area contributed by atoms with Crippen LogP contribution in [0.15, 0.2) is 24.3 Å². The van der Waals surface area contributed by atoms with Crippen LogP contribution >= 0.6 is 23.2 Å². The first-order chi connectivity index (χ1) is 7.90. The number of hydrogen-bond acceptors (Lipinski definition) is 2. The van der Waals surface area contributed by atoms with E-state index in [4.69, 9.17) is 28.9 Å². The average molecular weight is 273 g/mol. The minimum Gasteiger partial charge on any atom is -0.366 e. The summed E-state index contributed by atoms with van der Waals surface area (Å²) < 4.78 is -0.953. The van der Waals surface area contributed by atoms with Gasteiger partial charge in [-0.1, -0.05) is 6.07 Å². The molecule has 1 aromatic rings.